The summed E-state index contributed by atoms with van der Waals surface area (Å²) in [6.45, 7) is 0. The lowest BCUT2D eigenvalue weighted by Gasteiger charge is -2.12. The molecule has 0 atom stereocenters. The normalized spacial score (nSPS) is 17.4. The molecule has 3 aliphatic rings. The van der Waals surface area contributed by atoms with Crippen LogP contribution < -0.4 is 0 Å². The first-order valence-electron chi connectivity index (χ1n) is 9.27. The first-order valence-corrected chi connectivity index (χ1v) is 9.27. The SMILES string of the molecule is C1=CCc2cc(C3=CCc4ncc(C5=CCCC=C5)cc43)ccc2N=C1. The van der Waals surface area contributed by atoms with Crippen molar-refractivity contribution >= 4 is 23.0 Å². The fraction of sp³-hybridized carbons (Fsp3) is 0.167. The predicted octanol–water partition coefficient (Wildman–Crippen LogP) is 5.62. The lowest BCUT2D eigenvalue weighted by molar-refractivity contribution is 1.04. The van der Waals surface area contributed by atoms with Gasteiger partial charge >= 0.3 is 0 Å². The monoisotopic (exact) mass is 336 g/mol. The molecule has 2 aromatic rings. The second kappa shape index (κ2) is 6.38. The second-order valence-corrected chi connectivity index (χ2v) is 6.93. The van der Waals surface area contributed by atoms with Crippen LogP contribution in [0.2, 0.25) is 0 Å². The summed E-state index contributed by atoms with van der Waals surface area (Å²) in [6, 6.07) is 8.92. The van der Waals surface area contributed by atoms with E-state index in [0.29, 0.717) is 0 Å². The number of aromatic nitrogens is 1. The summed E-state index contributed by atoms with van der Waals surface area (Å²) >= 11 is 0. The second-order valence-electron chi connectivity index (χ2n) is 6.93. The molecule has 0 fully saturated rings. The molecule has 0 bridgehead atoms. The van der Waals surface area contributed by atoms with Gasteiger partial charge in [0.1, 0.15) is 0 Å². The van der Waals surface area contributed by atoms with Gasteiger partial charge in [0.05, 0.1) is 11.4 Å². The summed E-state index contributed by atoms with van der Waals surface area (Å²) in [7, 11) is 0. The number of hydrogen-bond donors (Lipinski definition) is 0. The fourth-order valence-electron chi connectivity index (χ4n) is 3.88. The molecular formula is C24H20N2. The van der Waals surface area contributed by atoms with E-state index >= 15 is 0 Å². The summed E-state index contributed by atoms with van der Waals surface area (Å²) in [5.74, 6) is 0. The summed E-state index contributed by atoms with van der Waals surface area (Å²) in [5.41, 5.74) is 9.88. The molecule has 126 valence electrons. The molecule has 2 aliphatic carbocycles. The molecule has 1 aromatic carbocycles. The van der Waals surface area contributed by atoms with Gasteiger partial charge in [-0.25, -0.2) is 0 Å². The fourth-order valence-corrected chi connectivity index (χ4v) is 3.88. The molecule has 0 spiro atoms. The van der Waals surface area contributed by atoms with E-state index in [-0.39, 0.29) is 0 Å². The highest BCUT2D eigenvalue weighted by molar-refractivity contribution is 5.87. The highest BCUT2D eigenvalue weighted by Crippen LogP contribution is 2.36. The number of nitrogens with zero attached hydrogens (tertiary/aromatic N) is 2. The van der Waals surface area contributed by atoms with Crippen LogP contribution in [0.15, 0.2) is 71.9 Å². The van der Waals surface area contributed by atoms with Crippen LogP contribution in [0.4, 0.5) is 5.69 Å². The number of benzene rings is 1. The maximum Gasteiger partial charge on any atom is 0.0665 e. The zero-order valence-electron chi connectivity index (χ0n) is 14.7. The third-order valence-corrected chi connectivity index (χ3v) is 5.25. The third kappa shape index (κ3) is 2.68. The molecule has 5 rings (SSSR count). The Hall–Kier alpha value is -3.00. The number of allylic oxidation sites excluding steroid dienone is 7. The largest absolute Gasteiger partial charge is 0.260 e. The highest BCUT2D eigenvalue weighted by Gasteiger charge is 2.19. The van der Waals surface area contributed by atoms with Crippen molar-refractivity contribution in [3.05, 3.63) is 94.9 Å². The van der Waals surface area contributed by atoms with Crippen molar-refractivity contribution in [1.82, 2.24) is 4.98 Å². The molecule has 0 amide bonds. The van der Waals surface area contributed by atoms with Gasteiger partial charge in [0, 0.05) is 30.0 Å². The Bertz CT molecular complexity index is 1030. The summed E-state index contributed by atoms with van der Waals surface area (Å²) < 4.78 is 0. The molecule has 0 radical (unpaired) electrons. The predicted molar refractivity (Wildman–Crippen MR) is 109 cm³/mol. The molecule has 2 nitrogen and oxygen atoms in total. The average molecular weight is 336 g/mol. The molecule has 0 saturated heterocycles. The van der Waals surface area contributed by atoms with Gasteiger partial charge in [0.15, 0.2) is 0 Å². The van der Waals surface area contributed by atoms with Gasteiger partial charge in [-0.2, -0.15) is 0 Å². The van der Waals surface area contributed by atoms with Crippen LogP contribution in [-0.2, 0) is 12.8 Å². The first-order chi connectivity index (χ1) is 12.9. The van der Waals surface area contributed by atoms with E-state index in [1.807, 2.05) is 18.5 Å². The van der Waals surface area contributed by atoms with Gasteiger partial charge in [-0.1, -0.05) is 36.4 Å². The van der Waals surface area contributed by atoms with Crippen LogP contribution in [0, 0.1) is 0 Å². The lowest BCUT2D eigenvalue weighted by Crippen LogP contribution is -1.95. The molecule has 26 heavy (non-hydrogen) atoms. The van der Waals surface area contributed by atoms with E-state index in [0.717, 1.165) is 31.4 Å². The van der Waals surface area contributed by atoms with E-state index in [4.69, 9.17) is 4.98 Å². The maximum atomic E-state index is 4.75. The standard InChI is InChI=1S/C24H20N2/c1-2-6-17(7-3-1)20-15-22-21(10-12-24(22)26-16-20)18-9-11-23-19(14-18)8-4-5-13-25-23/h2,4-7,9-11,13-16H,1,3,8,12H2. The Balaban J connectivity index is 1.55. The van der Waals surface area contributed by atoms with Crippen molar-refractivity contribution in [2.75, 3.05) is 0 Å². The van der Waals surface area contributed by atoms with Gasteiger partial charge in [-0.05, 0) is 65.8 Å². The third-order valence-electron chi connectivity index (χ3n) is 5.25. The molecule has 2 heterocycles. The Morgan fingerprint density at radius 2 is 1.88 bits per heavy atom. The van der Waals surface area contributed by atoms with E-state index in [9.17, 15) is 0 Å². The smallest absolute Gasteiger partial charge is 0.0665 e. The molecule has 2 heteroatoms. The molecular weight excluding hydrogens is 316 g/mol. The van der Waals surface area contributed by atoms with E-state index in [1.165, 1.54) is 39.1 Å². The van der Waals surface area contributed by atoms with Gasteiger partial charge in [0.25, 0.3) is 0 Å². The Kier molecular flexibility index (Phi) is 3.75. The zero-order chi connectivity index (χ0) is 17.3. The Morgan fingerprint density at radius 1 is 0.885 bits per heavy atom. The van der Waals surface area contributed by atoms with Crippen molar-refractivity contribution in [3.63, 3.8) is 0 Å². The lowest BCUT2D eigenvalue weighted by atomic mass is 9.94. The van der Waals surface area contributed by atoms with E-state index < -0.39 is 0 Å². The first kappa shape index (κ1) is 15.3. The Morgan fingerprint density at radius 3 is 2.81 bits per heavy atom. The maximum absolute atomic E-state index is 4.75. The number of rotatable bonds is 2. The molecule has 1 aliphatic heterocycles. The minimum Gasteiger partial charge on any atom is -0.260 e. The van der Waals surface area contributed by atoms with Crippen molar-refractivity contribution in [3.8, 4) is 0 Å². The van der Waals surface area contributed by atoms with Crippen molar-refractivity contribution in [2.24, 2.45) is 4.99 Å². The van der Waals surface area contributed by atoms with Crippen LogP contribution in [0.3, 0.4) is 0 Å². The van der Waals surface area contributed by atoms with Gasteiger partial charge < -0.3 is 0 Å². The summed E-state index contributed by atoms with van der Waals surface area (Å²) in [6.07, 6.45) is 21.3. The topological polar surface area (TPSA) is 25.2 Å². The van der Waals surface area contributed by atoms with Crippen LogP contribution in [0.25, 0.3) is 11.1 Å². The average Bonchev–Trinajstić information content (AvgIpc) is 2.98. The number of aliphatic imine (C=N–C) groups is 1. The van der Waals surface area contributed by atoms with Crippen LogP contribution in [0.1, 0.15) is 40.8 Å². The minimum absolute atomic E-state index is 0.912. The van der Waals surface area contributed by atoms with Crippen molar-refractivity contribution < 1.29 is 0 Å². The summed E-state index contributed by atoms with van der Waals surface area (Å²) in [5, 5.41) is 0. The van der Waals surface area contributed by atoms with Gasteiger partial charge in [-0.3, -0.25) is 9.98 Å². The van der Waals surface area contributed by atoms with Crippen LogP contribution in [0.5, 0.6) is 0 Å². The molecule has 1 aromatic heterocycles. The minimum atomic E-state index is 0.912. The number of fused-ring (bicyclic) bond motifs is 2. The zero-order valence-corrected chi connectivity index (χ0v) is 14.7. The van der Waals surface area contributed by atoms with E-state index in [2.05, 4.69) is 59.6 Å². The van der Waals surface area contributed by atoms with Crippen LogP contribution >= 0.6 is 0 Å². The molecule has 0 saturated carbocycles. The quantitative estimate of drug-likeness (QED) is 0.699. The number of pyridine rings is 1. The van der Waals surface area contributed by atoms with Gasteiger partial charge in [-0.15, -0.1) is 0 Å². The molecule has 0 N–H and O–H groups in total. The molecule has 0 unspecified atom stereocenters. The van der Waals surface area contributed by atoms with Crippen molar-refractivity contribution in [1.29, 1.82) is 0 Å². The van der Waals surface area contributed by atoms with Crippen molar-refractivity contribution in [2.45, 2.75) is 25.7 Å². The number of hydrogen-bond acceptors (Lipinski definition) is 2. The van der Waals surface area contributed by atoms with Gasteiger partial charge in [0.2, 0.25) is 0 Å². The summed E-state index contributed by atoms with van der Waals surface area (Å²) in [4.78, 5) is 9.27. The highest BCUT2D eigenvalue weighted by atomic mass is 14.7. The van der Waals surface area contributed by atoms with E-state index in [1.54, 1.807) is 0 Å². The van der Waals surface area contributed by atoms with Crippen LogP contribution in [-0.4, -0.2) is 11.2 Å². The Labute approximate surface area is 154 Å².